The van der Waals surface area contributed by atoms with Gasteiger partial charge in [0.1, 0.15) is 0 Å². The molecule has 0 radical (unpaired) electrons. The van der Waals surface area contributed by atoms with Crippen molar-refractivity contribution in [3.05, 3.63) is 106 Å². The quantitative estimate of drug-likeness (QED) is 0.504. The van der Waals surface area contributed by atoms with E-state index in [2.05, 4.69) is 15.3 Å². The number of carbonyl (C=O) groups excluding carboxylic acids is 1. The Morgan fingerprint density at radius 1 is 0.931 bits per heavy atom. The summed E-state index contributed by atoms with van der Waals surface area (Å²) in [5.74, 6) is -0.292. The second-order valence-corrected chi connectivity index (χ2v) is 6.79. The number of pyridine rings is 2. The Morgan fingerprint density at radius 2 is 1.72 bits per heavy atom. The fourth-order valence-corrected chi connectivity index (χ4v) is 3.16. The molecule has 0 aliphatic carbocycles. The van der Waals surface area contributed by atoms with Crippen LogP contribution in [0.4, 0.5) is 5.69 Å². The van der Waals surface area contributed by atoms with E-state index in [0.29, 0.717) is 16.3 Å². The Balaban J connectivity index is 1.60. The predicted octanol–water partition coefficient (Wildman–Crippen LogP) is 5.01. The van der Waals surface area contributed by atoms with Crippen LogP contribution in [0.2, 0.25) is 5.02 Å². The molecule has 2 N–H and O–H groups in total. The number of hydrogen-bond acceptors (Lipinski definition) is 3. The van der Waals surface area contributed by atoms with Crippen molar-refractivity contribution in [1.29, 1.82) is 0 Å². The van der Waals surface area contributed by atoms with Crippen molar-refractivity contribution in [2.75, 3.05) is 5.32 Å². The largest absolute Gasteiger partial charge is 0.327 e. The van der Waals surface area contributed by atoms with Crippen LogP contribution >= 0.6 is 11.6 Å². The van der Waals surface area contributed by atoms with Crippen LogP contribution in [0.5, 0.6) is 0 Å². The number of anilines is 1. The third-order valence-electron chi connectivity index (χ3n) is 4.43. The van der Waals surface area contributed by atoms with E-state index in [9.17, 15) is 9.59 Å². The first-order chi connectivity index (χ1) is 14.1. The molecule has 0 unspecified atom stereocenters. The Bertz CT molecular complexity index is 1200. The van der Waals surface area contributed by atoms with Gasteiger partial charge in [0.25, 0.3) is 5.91 Å². The first-order valence-corrected chi connectivity index (χ1v) is 9.29. The molecule has 6 heteroatoms. The van der Waals surface area contributed by atoms with Crippen LogP contribution < -0.4 is 10.9 Å². The van der Waals surface area contributed by atoms with Gasteiger partial charge >= 0.3 is 0 Å². The average Bonchev–Trinajstić information content (AvgIpc) is 2.76. The van der Waals surface area contributed by atoms with Gasteiger partial charge in [-0.15, -0.1) is 0 Å². The molecule has 29 heavy (non-hydrogen) atoms. The van der Waals surface area contributed by atoms with Gasteiger partial charge in [-0.05, 0) is 42.0 Å². The van der Waals surface area contributed by atoms with Crippen molar-refractivity contribution >= 4 is 23.2 Å². The number of hydrogen-bond donors (Lipinski definition) is 2. The standard InChI is InChI=1S/C23H16ClN3O2/c24-20-10-8-17(23(29)27-18-9-11-22(28)26-14-18)13-19(20)15-4-6-16(7-5-15)21-3-1-2-12-25-21/h1-14H,(H,26,28)(H,27,29). The van der Waals surface area contributed by atoms with Crippen LogP contribution in [0.15, 0.2) is 90.0 Å². The van der Waals surface area contributed by atoms with Crippen molar-refractivity contribution in [1.82, 2.24) is 9.97 Å². The first-order valence-electron chi connectivity index (χ1n) is 8.92. The van der Waals surface area contributed by atoms with Crippen molar-refractivity contribution in [2.45, 2.75) is 0 Å². The highest BCUT2D eigenvalue weighted by atomic mass is 35.5. The minimum Gasteiger partial charge on any atom is -0.327 e. The highest BCUT2D eigenvalue weighted by molar-refractivity contribution is 6.33. The summed E-state index contributed by atoms with van der Waals surface area (Å²) in [6, 6.07) is 21.6. The number of carbonyl (C=O) groups is 1. The normalized spacial score (nSPS) is 10.5. The third-order valence-corrected chi connectivity index (χ3v) is 4.76. The summed E-state index contributed by atoms with van der Waals surface area (Å²) in [7, 11) is 0. The number of amides is 1. The zero-order chi connectivity index (χ0) is 20.2. The molecule has 2 aromatic carbocycles. The Hall–Kier alpha value is -3.70. The molecule has 0 bridgehead atoms. The van der Waals surface area contributed by atoms with Crippen molar-refractivity contribution in [2.24, 2.45) is 0 Å². The highest BCUT2D eigenvalue weighted by Crippen LogP contribution is 2.30. The second-order valence-electron chi connectivity index (χ2n) is 6.38. The SMILES string of the molecule is O=C(Nc1ccc(=O)[nH]c1)c1ccc(Cl)c(-c2ccc(-c3ccccn3)cc2)c1. The lowest BCUT2D eigenvalue weighted by Crippen LogP contribution is -2.13. The molecule has 2 aromatic heterocycles. The molecule has 0 fully saturated rings. The van der Waals surface area contributed by atoms with E-state index in [0.717, 1.165) is 22.4 Å². The van der Waals surface area contributed by atoms with Crippen LogP contribution in [0.1, 0.15) is 10.4 Å². The maximum absolute atomic E-state index is 12.6. The van der Waals surface area contributed by atoms with E-state index in [1.54, 1.807) is 30.5 Å². The van der Waals surface area contributed by atoms with Gasteiger partial charge in [0.15, 0.2) is 0 Å². The molecule has 0 aliphatic heterocycles. The van der Waals surface area contributed by atoms with E-state index in [4.69, 9.17) is 11.6 Å². The van der Waals surface area contributed by atoms with Crippen LogP contribution in [0.3, 0.4) is 0 Å². The average molecular weight is 402 g/mol. The maximum Gasteiger partial charge on any atom is 0.255 e. The zero-order valence-electron chi connectivity index (χ0n) is 15.2. The number of H-pyrrole nitrogens is 1. The van der Waals surface area contributed by atoms with Crippen LogP contribution in [0, 0.1) is 0 Å². The van der Waals surface area contributed by atoms with Gasteiger partial charge in [0.2, 0.25) is 5.56 Å². The predicted molar refractivity (Wildman–Crippen MR) is 115 cm³/mol. The summed E-state index contributed by atoms with van der Waals surface area (Å²) < 4.78 is 0. The highest BCUT2D eigenvalue weighted by Gasteiger charge is 2.11. The van der Waals surface area contributed by atoms with Crippen LogP contribution in [0.25, 0.3) is 22.4 Å². The molecular weight excluding hydrogens is 386 g/mol. The number of rotatable bonds is 4. The van der Waals surface area contributed by atoms with Gasteiger partial charge in [-0.2, -0.15) is 0 Å². The molecule has 0 aliphatic rings. The minimum atomic E-state index is -0.292. The van der Waals surface area contributed by atoms with Gasteiger partial charge < -0.3 is 10.3 Å². The summed E-state index contributed by atoms with van der Waals surface area (Å²) in [6.07, 6.45) is 3.21. The van der Waals surface area contributed by atoms with E-state index < -0.39 is 0 Å². The van der Waals surface area contributed by atoms with E-state index >= 15 is 0 Å². The fourth-order valence-electron chi connectivity index (χ4n) is 2.93. The Labute approximate surface area is 172 Å². The van der Waals surface area contributed by atoms with Crippen molar-refractivity contribution in [3.63, 3.8) is 0 Å². The number of aromatic amines is 1. The smallest absolute Gasteiger partial charge is 0.255 e. The van der Waals surface area contributed by atoms with Crippen LogP contribution in [-0.4, -0.2) is 15.9 Å². The number of aromatic nitrogens is 2. The van der Waals surface area contributed by atoms with Gasteiger partial charge in [-0.25, -0.2) is 0 Å². The van der Waals surface area contributed by atoms with Crippen molar-refractivity contribution in [3.8, 4) is 22.4 Å². The summed E-state index contributed by atoms with van der Waals surface area (Å²) in [5.41, 5.74) is 4.28. The lowest BCUT2D eigenvalue weighted by molar-refractivity contribution is 0.102. The molecule has 4 rings (SSSR count). The number of nitrogens with one attached hydrogen (secondary N) is 2. The molecule has 0 atom stereocenters. The van der Waals surface area contributed by atoms with E-state index in [1.807, 2.05) is 42.5 Å². The summed E-state index contributed by atoms with van der Waals surface area (Å²) in [4.78, 5) is 30.6. The lowest BCUT2D eigenvalue weighted by Gasteiger charge is -2.10. The number of halogens is 1. The van der Waals surface area contributed by atoms with Gasteiger partial charge in [-0.3, -0.25) is 14.6 Å². The fraction of sp³-hybridized carbons (Fsp3) is 0. The molecule has 142 valence electrons. The lowest BCUT2D eigenvalue weighted by atomic mass is 10.0. The summed E-state index contributed by atoms with van der Waals surface area (Å²) in [5, 5.41) is 3.31. The second kappa shape index (κ2) is 8.12. The van der Waals surface area contributed by atoms with Gasteiger partial charge in [0.05, 0.1) is 11.4 Å². The van der Waals surface area contributed by atoms with E-state index in [1.165, 1.54) is 12.3 Å². The number of nitrogens with zero attached hydrogens (tertiary/aromatic N) is 1. The van der Waals surface area contributed by atoms with Gasteiger partial charge in [-0.1, -0.05) is 41.9 Å². The third kappa shape index (κ3) is 4.25. The molecule has 0 saturated carbocycles. The van der Waals surface area contributed by atoms with Gasteiger partial charge in [0, 0.05) is 40.2 Å². The maximum atomic E-state index is 12.6. The Kier molecular flexibility index (Phi) is 5.22. The Morgan fingerprint density at radius 3 is 2.41 bits per heavy atom. The topological polar surface area (TPSA) is 74.8 Å². The molecule has 0 spiro atoms. The minimum absolute atomic E-state index is 0.231. The first kappa shape index (κ1) is 18.7. The molecular formula is C23H16ClN3O2. The van der Waals surface area contributed by atoms with E-state index in [-0.39, 0.29) is 11.5 Å². The summed E-state index contributed by atoms with van der Waals surface area (Å²) in [6.45, 7) is 0. The molecule has 2 heterocycles. The number of benzene rings is 2. The molecule has 1 amide bonds. The molecule has 4 aromatic rings. The monoisotopic (exact) mass is 401 g/mol. The molecule has 5 nitrogen and oxygen atoms in total. The summed E-state index contributed by atoms with van der Waals surface area (Å²) >= 11 is 6.39. The molecule has 0 saturated heterocycles. The zero-order valence-corrected chi connectivity index (χ0v) is 16.0. The van der Waals surface area contributed by atoms with Crippen molar-refractivity contribution < 1.29 is 4.79 Å². The van der Waals surface area contributed by atoms with Crippen LogP contribution in [-0.2, 0) is 0 Å².